The number of aromatic nitrogens is 4. The quantitative estimate of drug-likeness (QED) is 0.796. The Labute approximate surface area is 105 Å². The lowest BCUT2D eigenvalue weighted by atomic mass is 9.85. The fraction of sp³-hybridized carbons (Fsp3) is 0.500. The van der Waals surface area contributed by atoms with Gasteiger partial charge in [-0.25, -0.2) is 9.50 Å². The molecule has 0 bridgehead atoms. The van der Waals surface area contributed by atoms with Crippen LogP contribution in [0, 0.1) is 17.2 Å². The maximum Gasteiger partial charge on any atom is 0.253 e. The van der Waals surface area contributed by atoms with Gasteiger partial charge in [0.2, 0.25) is 0 Å². The van der Waals surface area contributed by atoms with E-state index in [0.717, 1.165) is 25.2 Å². The number of nitrogens with zero attached hydrogens (tertiary/aromatic N) is 5. The van der Waals surface area contributed by atoms with Gasteiger partial charge in [-0.3, -0.25) is 0 Å². The summed E-state index contributed by atoms with van der Waals surface area (Å²) in [5.74, 6) is 1.41. The number of fused-ring (bicyclic) bond motifs is 1. The van der Waals surface area contributed by atoms with Crippen LogP contribution in [0.25, 0.3) is 5.78 Å². The van der Waals surface area contributed by atoms with Crippen molar-refractivity contribution in [1.82, 2.24) is 24.9 Å². The molecular formula is C12H14N6. The average Bonchev–Trinajstić information content (AvgIpc) is 2.86. The molecule has 18 heavy (non-hydrogen) atoms. The van der Waals surface area contributed by atoms with Crippen LogP contribution in [0.5, 0.6) is 0 Å². The van der Waals surface area contributed by atoms with Gasteiger partial charge in [-0.05, 0) is 24.9 Å². The summed E-state index contributed by atoms with van der Waals surface area (Å²) >= 11 is 0. The topological polar surface area (TPSA) is 78.9 Å². The van der Waals surface area contributed by atoms with E-state index < -0.39 is 0 Å². The highest BCUT2D eigenvalue weighted by Gasteiger charge is 2.26. The van der Waals surface area contributed by atoms with Gasteiger partial charge in [0.1, 0.15) is 18.1 Å². The third-order valence-corrected chi connectivity index (χ3v) is 3.60. The van der Waals surface area contributed by atoms with Crippen LogP contribution in [0.3, 0.4) is 0 Å². The van der Waals surface area contributed by atoms with Crippen molar-refractivity contribution in [3.63, 3.8) is 0 Å². The fourth-order valence-electron chi connectivity index (χ4n) is 2.54. The van der Waals surface area contributed by atoms with Crippen LogP contribution in [-0.4, -0.2) is 32.7 Å². The molecule has 6 heteroatoms. The number of nitrogens with one attached hydrogen (secondary N) is 1. The van der Waals surface area contributed by atoms with Gasteiger partial charge in [0.05, 0.1) is 5.69 Å². The van der Waals surface area contributed by atoms with Crippen LogP contribution in [0.4, 0.5) is 0 Å². The van der Waals surface area contributed by atoms with Crippen molar-refractivity contribution in [3.05, 3.63) is 23.8 Å². The summed E-state index contributed by atoms with van der Waals surface area (Å²) in [6, 6.07) is 3.92. The van der Waals surface area contributed by atoms with Crippen molar-refractivity contribution in [2.45, 2.75) is 19.3 Å². The summed E-state index contributed by atoms with van der Waals surface area (Å²) in [6.07, 6.45) is 2.61. The first kappa shape index (κ1) is 11.1. The maximum absolute atomic E-state index is 9.04. The Kier molecular flexibility index (Phi) is 2.68. The lowest BCUT2D eigenvalue weighted by Crippen LogP contribution is -2.35. The highest BCUT2D eigenvalue weighted by molar-refractivity contribution is 5.36. The van der Waals surface area contributed by atoms with E-state index in [1.807, 2.05) is 6.07 Å². The third-order valence-electron chi connectivity index (χ3n) is 3.60. The van der Waals surface area contributed by atoms with E-state index in [9.17, 15) is 0 Å². The van der Waals surface area contributed by atoms with Gasteiger partial charge in [-0.1, -0.05) is 6.92 Å². The molecular weight excluding hydrogens is 228 g/mol. The summed E-state index contributed by atoms with van der Waals surface area (Å²) in [6.45, 7) is 4.19. The molecule has 2 atom stereocenters. The van der Waals surface area contributed by atoms with Crippen LogP contribution >= 0.6 is 0 Å². The first-order valence-electron chi connectivity index (χ1n) is 6.11. The van der Waals surface area contributed by atoms with Crippen LogP contribution in [0.1, 0.15) is 30.7 Å². The Morgan fingerprint density at radius 2 is 2.44 bits per heavy atom. The number of hydrogen-bond acceptors (Lipinski definition) is 5. The molecule has 2 unspecified atom stereocenters. The number of hydrogen-bond donors (Lipinski definition) is 1. The van der Waals surface area contributed by atoms with Crippen LogP contribution in [0.2, 0.25) is 0 Å². The summed E-state index contributed by atoms with van der Waals surface area (Å²) in [7, 11) is 0. The zero-order chi connectivity index (χ0) is 12.5. The molecule has 1 saturated heterocycles. The van der Waals surface area contributed by atoms with E-state index >= 15 is 0 Å². The van der Waals surface area contributed by atoms with Crippen LogP contribution in [-0.2, 0) is 0 Å². The molecule has 0 radical (unpaired) electrons. The minimum atomic E-state index is 0.345. The van der Waals surface area contributed by atoms with E-state index in [1.165, 1.54) is 6.33 Å². The van der Waals surface area contributed by atoms with E-state index in [0.29, 0.717) is 23.3 Å². The molecule has 0 aromatic carbocycles. The second-order valence-corrected chi connectivity index (χ2v) is 4.73. The predicted octanol–water partition coefficient (Wildman–Crippen LogP) is 0.709. The van der Waals surface area contributed by atoms with Gasteiger partial charge in [0.25, 0.3) is 5.78 Å². The van der Waals surface area contributed by atoms with E-state index in [2.05, 4.69) is 33.4 Å². The zero-order valence-electron chi connectivity index (χ0n) is 10.2. The van der Waals surface area contributed by atoms with Crippen molar-refractivity contribution in [1.29, 1.82) is 5.26 Å². The van der Waals surface area contributed by atoms with E-state index in [1.54, 1.807) is 4.52 Å². The second kappa shape index (κ2) is 4.35. The molecule has 92 valence electrons. The Hall–Kier alpha value is -2.00. The molecule has 0 saturated carbocycles. The third kappa shape index (κ3) is 1.73. The maximum atomic E-state index is 9.04. The van der Waals surface area contributed by atoms with Crippen molar-refractivity contribution in [3.8, 4) is 6.07 Å². The average molecular weight is 242 g/mol. The molecule has 0 spiro atoms. The highest BCUT2D eigenvalue weighted by atomic mass is 15.3. The van der Waals surface area contributed by atoms with Crippen molar-refractivity contribution >= 4 is 5.78 Å². The molecule has 1 fully saturated rings. The smallest absolute Gasteiger partial charge is 0.253 e. The van der Waals surface area contributed by atoms with Gasteiger partial charge in [-0.2, -0.15) is 15.3 Å². The highest BCUT2D eigenvalue weighted by Crippen LogP contribution is 2.28. The normalized spacial score (nSPS) is 24.0. The second-order valence-electron chi connectivity index (χ2n) is 4.73. The molecule has 2 aromatic heterocycles. The first-order chi connectivity index (χ1) is 8.79. The van der Waals surface area contributed by atoms with Gasteiger partial charge >= 0.3 is 0 Å². The van der Waals surface area contributed by atoms with Gasteiger partial charge in [0, 0.05) is 12.5 Å². The van der Waals surface area contributed by atoms with Crippen LogP contribution < -0.4 is 5.32 Å². The number of nitriles is 1. The Morgan fingerprint density at radius 3 is 3.22 bits per heavy atom. The molecule has 1 N–H and O–H groups in total. The molecule has 1 aliphatic heterocycles. The minimum absolute atomic E-state index is 0.345. The predicted molar refractivity (Wildman–Crippen MR) is 64.9 cm³/mol. The van der Waals surface area contributed by atoms with Gasteiger partial charge in [-0.15, -0.1) is 0 Å². The van der Waals surface area contributed by atoms with Crippen molar-refractivity contribution < 1.29 is 0 Å². The monoisotopic (exact) mass is 242 g/mol. The standard InChI is InChI=1S/C12H14N6/c1-8-2-3-14-6-10(8)11-4-9(5-13)17-12-15-7-16-18(11)12/h4,7-8,10,14H,2-3,6H2,1H3. The molecule has 2 aromatic rings. The lowest BCUT2D eigenvalue weighted by molar-refractivity contribution is 0.339. The summed E-state index contributed by atoms with van der Waals surface area (Å²) < 4.78 is 1.75. The molecule has 3 heterocycles. The largest absolute Gasteiger partial charge is 0.316 e. The van der Waals surface area contributed by atoms with E-state index in [4.69, 9.17) is 5.26 Å². The van der Waals surface area contributed by atoms with Gasteiger partial charge < -0.3 is 5.32 Å². The molecule has 1 aliphatic rings. The SMILES string of the molecule is CC1CCNCC1c1cc(C#N)nc2ncnn12. The number of piperidine rings is 1. The summed E-state index contributed by atoms with van der Waals surface area (Å²) in [4.78, 5) is 8.22. The summed E-state index contributed by atoms with van der Waals surface area (Å²) in [5, 5.41) is 16.6. The lowest BCUT2D eigenvalue weighted by Gasteiger charge is -2.29. The zero-order valence-corrected chi connectivity index (χ0v) is 10.2. The molecule has 6 nitrogen and oxygen atoms in total. The van der Waals surface area contributed by atoms with Crippen molar-refractivity contribution in [2.75, 3.05) is 13.1 Å². The Balaban J connectivity index is 2.14. The number of rotatable bonds is 1. The van der Waals surface area contributed by atoms with Crippen molar-refractivity contribution in [2.24, 2.45) is 5.92 Å². The Bertz CT molecular complexity index is 611. The molecule has 3 rings (SSSR count). The Morgan fingerprint density at radius 1 is 1.56 bits per heavy atom. The molecule has 0 aliphatic carbocycles. The minimum Gasteiger partial charge on any atom is -0.316 e. The summed E-state index contributed by atoms with van der Waals surface area (Å²) in [5.41, 5.74) is 1.43. The van der Waals surface area contributed by atoms with E-state index in [-0.39, 0.29) is 0 Å². The fourth-order valence-corrected chi connectivity index (χ4v) is 2.54. The molecule has 0 amide bonds. The first-order valence-corrected chi connectivity index (χ1v) is 6.11. The van der Waals surface area contributed by atoms with Crippen LogP contribution in [0.15, 0.2) is 12.4 Å². The van der Waals surface area contributed by atoms with Gasteiger partial charge in [0.15, 0.2) is 0 Å².